The highest BCUT2D eigenvalue weighted by Gasteiger charge is 2.19. The molecule has 0 unspecified atom stereocenters. The number of rotatable bonds is 5. The second-order valence-corrected chi connectivity index (χ2v) is 6.31. The first kappa shape index (κ1) is 15.4. The molecule has 0 amide bonds. The molecule has 118 valence electrons. The van der Waals surface area contributed by atoms with Crippen LogP contribution in [0.4, 0.5) is 5.69 Å². The maximum absolute atomic E-state index is 9.26. The molecule has 1 aromatic carbocycles. The van der Waals surface area contributed by atoms with Crippen LogP contribution in [-0.4, -0.2) is 27.1 Å². The molecule has 0 bridgehead atoms. The Bertz CT molecular complexity index is 909. The summed E-state index contributed by atoms with van der Waals surface area (Å²) in [5, 5.41) is 25.2. The summed E-state index contributed by atoms with van der Waals surface area (Å²) >= 11 is 1.40. The van der Waals surface area contributed by atoms with Crippen LogP contribution in [0, 0.1) is 10.8 Å². The monoisotopic (exact) mass is 327 g/mol. The van der Waals surface area contributed by atoms with Gasteiger partial charge in [0.2, 0.25) is 0 Å². The van der Waals surface area contributed by atoms with Gasteiger partial charge < -0.3 is 26.2 Å². The molecule has 23 heavy (non-hydrogen) atoms. The molecule has 7 heteroatoms. The van der Waals surface area contributed by atoms with Gasteiger partial charge in [0.05, 0.1) is 11.3 Å². The third kappa shape index (κ3) is 2.43. The van der Waals surface area contributed by atoms with Crippen molar-refractivity contribution in [3.63, 3.8) is 0 Å². The van der Waals surface area contributed by atoms with Crippen LogP contribution in [0.1, 0.15) is 27.4 Å². The van der Waals surface area contributed by atoms with Crippen molar-refractivity contribution in [2.75, 3.05) is 5.73 Å². The van der Waals surface area contributed by atoms with E-state index in [0.717, 1.165) is 27.2 Å². The van der Waals surface area contributed by atoms with E-state index in [1.807, 2.05) is 23.7 Å². The lowest BCUT2D eigenvalue weighted by Gasteiger charge is -2.10. The predicted molar refractivity (Wildman–Crippen MR) is 93.9 cm³/mol. The number of hydrogen-bond acceptors (Lipinski definition) is 6. The molecule has 0 saturated carbocycles. The van der Waals surface area contributed by atoms with Gasteiger partial charge in [-0.2, -0.15) is 0 Å². The summed E-state index contributed by atoms with van der Waals surface area (Å²) in [5.74, 6) is 0. The van der Waals surface area contributed by atoms with Gasteiger partial charge in [0.25, 0.3) is 0 Å². The van der Waals surface area contributed by atoms with E-state index < -0.39 is 0 Å². The van der Waals surface area contributed by atoms with E-state index in [0.29, 0.717) is 22.7 Å². The zero-order chi connectivity index (χ0) is 16.6. The van der Waals surface area contributed by atoms with Crippen molar-refractivity contribution in [1.29, 1.82) is 10.8 Å². The van der Waals surface area contributed by atoms with Gasteiger partial charge in [-0.05, 0) is 11.6 Å². The number of thiazole rings is 1. The van der Waals surface area contributed by atoms with Gasteiger partial charge in [0.1, 0.15) is 5.01 Å². The minimum atomic E-state index is -0.0979. The Hall–Kier alpha value is -2.51. The van der Waals surface area contributed by atoms with Crippen molar-refractivity contribution in [3.05, 3.63) is 45.6 Å². The van der Waals surface area contributed by atoms with Crippen molar-refractivity contribution in [2.24, 2.45) is 7.05 Å². The SMILES string of the molecule is Cn1c(Cc2cccc(N)c2C=N)c(C=N)c2sc(CO)nc21. The highest BCUT2D eigenvalue weighted by molar-refractivity contribution is 7.18. The molecule has 2 aromatic heterocycles. The molecule has 0 aliphatic heterocycles. The Morgan fingerprint density at radius 3 is 2.70 bits per heavy atom. The Morgan fingerprint density at radius 1 is 1.30 bits per heavy atom. The molecule has 0 aliphatic carbocycles. The van der Waals surface area contributed by atoms with Gasteiger partial charge in [-0.25, -0.2) is 4.98 Å². The zero-order valence-corrected chi connectivity index (χ0v) is 13.4. The molecule has 6 nitrogen and oxygen atoms in total. The van der Waals surface area contributed by atoms with Crippen LogP contribution in [0.3, 0.4) is 0 Å². The molecule has 0 fully saturated rings. The van der Waals surface area contributed by atoms with Crippen molar-refractivity contribution in [1.82, 2.24) is 9.55 Å². The van der Waals surface area contributed by atoms with Crippen LogP contribution in [0.2, 0.25) is 0 Å². The summed E-state index contributed by atoms with van der Waals surface area (Å²) in [5.41, 5.74) is 10.7. The van der Waals surface area contributed by atoms with Gasteiger partial charge in [0.15, 0.2) is 5.65 Å². The smallest absolute Gasteiger partial charge is 0.152 e. The minimum absolute atomic E-state index is 0.0979. The number of aryl methyl sites for hydroxylation is 1. The second kappa shape index (κ2) is 5.94. The highest BCUT2D eigenvalue weighted by Crippen LogP contribution is 2.31. The fourth-order valence-corrected chi connectivity index (χ4v) is 3.76. The molecule has 5 N–H and O–H groups in total. The zero-order valence-electron chi connectivity index (χ0n) is 12.6. The lowest BCUT2D eigenvalue weighted by Crippen LogP contribution is -2.05. The normalized spacial score (nSPS) is 11.0. The predicted octanol–water partition coefficient (Wildman–Crippen LogP) is 2.30. The summed E-state index contributed by atoms with van der Waals surface area (Å²) in [6, 6.07) is 5.59. The number of nitrogens with two attached hydrogens (primary N) is 1. The maximum atomic E-state index is 9.26. The number of aliphatic hydroxyl groups is 1. The molecule has 2 heterocycles. The third-order valence-electron chi connectivity index (χ3n) is 3.94. The largest absolute Gasteiger partial charge is 0.398 e. The lowest BCUT2D eigenvalue weighted by atomic mass is 10.0. The van der Waals surface area contributed by atoms with E-state index >= 15 is 0 Å². The first-order valence-corrected chi connectivity index (χ1v) is 7.88. The maximum Gasteiger partial charge on any atom is 0.152 e. The summed E-state index contributed by atoms with van der Waals surface area (Å²) < 4.78 is 2.85. The van der Waals surface area contributed by atoms with Crippen molar-refractivity contribution >= 4 is 39.8 Å². The summed E-state index contributed by atoms with van der Waals surface area (Å²) in [7, 11) is 1.90. The lowest BCUT2D eigenvalue weighted by molar-refractivity contribution is 0.281. The number of nitrogen functional groups attached to an aromatic ring is 1. The van der Waals surface area contributed by atoms with Gasteiger partial charge >= 0.3 is 0 Å². The van der Waals surface area contributed by atoms with E-state index in [-0.39, 0.29) is 6.61 Å². The van der Waals surface area contributed by atoms with Crippen LogP contribution >= 0.6 is 11.3 Å². The van der Waals surface area contributed by atoms with Crippen LogP contribution in [-0.2, 0) is 20.1 Å². The van der Waals surface area contributed by atoms with Gasteiger partial charge in [-0.1, -0.05) is 12.1 Å². The average molecular weight is 327 g/mol. The molecule has 0 spiro atoms. The molecule has 3 rings (SSSR count). The number of nitrogens with zero attached hydrogens (tertiary/aromatic N) is 2. The molecule has 3 aromatic rings. The van der Waals surface area contributed by atoms with E-state index in [9.17, 15) is 5.11 Å². The van der Waals surface area contributed by atoms with Crippen molar-refractivity contribution in [3.8, 4) is 0 Å². The van der Waals surface area contributed by atoms with Gasteiger partial charge in [-0.15, -0.1) is 11.3 Å². The van der Waals surface area contributed by atoms with E-state index in [2.05, 4.69) is 4.98 Å². The Kier molecular flexibility index (Phi) is 3.97. The van der Waals surface area contributed by atoms with E-state index in [1.165, 1.54) is 23.8 Å². The standard InChI is InChI=1S/C16H17N5OS/c1-21-13(5-9-3-2-4-12(19)10(9)6-17)11(7-18)15-16(21)20-14(8-22)23-15/h2-4,6-7,17-18,22H,5,8,19H2,1H3. The van der Waals surface area contributed by atoms with Crippen LogP contribution in [0.25, 0.3) is 10.3 Å². The molecule has 0 aliphatic rings. The van der Waals surface area contributed by atoms with Crippen molar-refractivity contribution < 1.29 is 5.11 Å². The summed E-state index contributed by atoms with van der Waals surface area (Å²) in [6.07, 6.45) is 3.16. The Balaban J connectivity index is 2.16. The number of aromatic nitrogens is 2. The minimum Gasteiger partial charge on any atom is -0.398 e. The molecular formula is C16H17N5OS. The number of fused-ring (bicyclic) bond motifs is 1. The Morgan fingerprint density at radius 2 is 2.04 bits per heavy atom. The van der Waals surface area contributed by atoms with E-state index in [1.54, 1.807) is 6.07 Å². The molecule has 0 radical (unpaired) electrons. The molecule has 0 atom stereocenters. The van der Waals surface area contributed by atoms with Gasteiger partial charge in [-0.3, -0.25) is 0 Å². The number of nitrogens with one attached hydrogen (secondary N) is 2. The van der Waals surface area contributed by atoms with Crippen LogP contribution in [0.15, 0.2) is 18.2 Å². The highest BCUT2D eigenvalue weighted by atomic mass is 32.1. The third-order valence-corrected chi connectivity index (χ3v) is 5.01. The first-order chi connectivity index (χ1) is 11.1. The number of anilines is 1. The number of hydrogen-bond donors (Lipinski definition) is 4. The topological polar surface area (TPSA) is 112 Å². The fourth-order valence-electron chi connectivity index (χ4n) is 2.77. The molecule has 0 saturated heterocycles. The van der Waals surface area contributed by atoms with Crippen LogP contribution in [0.5, 0.6) is 0 Å². The number of benzene rings is 1. The Labute approximate surface area is 137 Å². The first-order valence-electron chi connectivity index (χ1n) is 7.06. The number of aliphatic hydroxyl groups excluding tert-OH is 1. The summed E-state index contributed by atoms with van der Waals surface area (Å²) in [4.78, 5) is 4.42. The second-order valence-electron chi connectivity index (χ2n) is 5.22. The quantitative estimate of drug-likeness (QED) is 0.426. The molecular weight excluding hydrogens is 310 g/mol. The average Bonchev–Trinajstić information content (AvgIpc) is 3.07. The van der Waals surface area contributed by atoms with E-state index in [4.69, 9.17) is 16.6 Å². The fraction of sp³-hybridized carbons (Fsp3) is 0.188. The van der Waals surface area contributed by atoms with Gasteiger partial charge in [0, 0.05) is 48.4 Å². The van der Waals surface area contributed by atoms with Crippen molar-refractivity contribution in [2.45, 2.75) is 13.0 Å². The van der Waals surface area contributed by atoms with Crippen LogP contribution < -0.4 is 5.73 Å². The summed E-state index contributed by atoms with van der Waals surface area (Å²) in [6.45, 7) is -0.0979.